The van der Waals surface area contributed by atoms with Crippen LogP contribution in [0.25, 0.3) is 0 Å². The third-order valence-electron chi connectivity index (χ3n) is 3.54. The zero-order valence-corrected chi connectivity index (χ0v) is 15.0. The van der Waals surface area contributed by atoms with Gasteiger partial charge in [-0.05, 0) is 49.4 Å². The summed E-state index contributed by atoms with van der Waals surface area (Å²) in [6.45, 7) is 2.21. The number of ketones is 1. The second-order valence-electron chi connectivity index (χ2n) is 5.49. The molecule has 2 aromatic carbocycles. The van der Waals surface area contributed by atoms with E-state index in [0.29, 0.717) is 35.2 Å². The Hall–Kier alpha value is -2.53. The molecule has 2 rings (SSSR count). The van der Waals surface area contributed by atoms with Crippen molar-refractivity contribution in [2.24, 2.45) is 0 Å². The average molecular weight is 362 g/mol. The Bertz CT molecular complexity index is 730. The number of likely N-dealkylation sites (N-methyl/N-ethyl adjacent to an activating group) is 1. The lowest BCUT2D eigenvalue weighted by molar-refractivity contribution is -0.132. The van der Waals surface area contributed by atoms with E-state index in [9.17, 15) is 9.59 Å². The number of hydrogen-bond acceptors (Lipinski definition) is 4. The van der Waals surface area contributed by atoms with E-state index in [1.54, 1.807) is 49.5 Å². The molecule has 0 aliphatic carbocycles. The smallest absolute Gasteiger partial charge is 0.260 e. The maximum Gasteiger partial charge on any atom is 0.260 e. The van der Waals surface area contributed by atoms with Crippen LogP contribution in [0, 0.1) is 0 Å². The summed E-state index contributed by atoms with van der Waals surface area (Å²) in [4.78, 5) is 24.8. The predicted molar refractivity (Wildman–Crippen MR) is 96.5 cm³/mol. The molecule has 0 unspecified atom stereocenters. The minimum absolute atomic E-state index is 0.0120. The maximum absolute atomic E-state index is 12.1. The number of amides is 1. The van der Waals surface area contributed by atoms with Gasteiger partial charge in [0.25, 0.3) is 5.91 Å². The van der Waals surface area contributed by atoms with Crippen LogP contribution in [0.2, 0.25) is 5.02 Å². The summed E-state index contributed by atoms with van der Waals surface area (Å²) in [5.41, 5.74) is 0.606. The Morgan fingerprint density at radius 2 is 1.76 bits per heavy atom. The van der Waals surface area contributed by atoms with Crippen LogP contribution in [0.4, 0.5) is 0 Å². The number of nitrogens with zero attached hydrogens (tertiary/aromatic N) is 1. The van der Waals surface area contributed by atoms with E-state index in [2.05, 4.69) is 0 Å². The van der Waals surface area contributed by atoms with Crippen molar-refractivity contribution in [2.45, 2.75) is 6.92 Å². The zero-order chi connectivity index (χ0) is 18.2. The van der Waals surface area contributed by atoms with Crippen molar-refractivity contribution in [3.8, 4) is 11.5 Å². The molecule has 5 nitrogen and oxygen atoms in total. The molecule has 0 atom stereocenters. The van der Waals surface area contributed by atoms with Crippen molar-refractivity contribution in [2.75, 3.05) is 26.8 Å². The highest BCUT2D eigenvalue weighted by atomic mass is 35.5. The highest BCUT2D eigenvalue weighted by molar-refractivity contribution is 6.30. The quantitative estimate of drug-likeness (QED) is 0.676. The van der Waals surface area contributed by atoms with E-state index < -0.39 is 0 Å². The van der Waals surface area contributed by atoms with Gasteiger partial charge in [-0.3, -0.25) is 9.59 Å². The van der Waals surface area contributed by atoms with E-state index in [1.807, 2.05) is 6.07 Å². The standard InChI is InChI=1S/C19H20ClNO4/c1-14(22)15-6-8-17(9-7-15)25-13-19(23)21(2)10-11-24-18-5-3-4-16(20)12-18/h3-9,12H,10-11,13H2,1-2H3. The summed E-state index contributed by atoms with van der Waals surface area (Å²) in [7, 11) is 1.69. The molecule has 0 saturated heterocycles. The summed E-state index contributed by atoms with van der Waals surface area (Å²) >= 11 is 5.88. The van der Waals surface area contributed by atoms with Gasteiger partial charge >= 0.3 is 0 Å². The molecule has 0 radical (unpaired) electrons. The molecule has 6 heteroatoms. The van der Waals surface area contributed by atoms with E-state index >= 15 is 0 Å². The highest BCUT2D eigenvalue weighted by Crippen LogP contribution is 2.17. The number of halogens is 1. The van der Waals surface area contributed by atoms with Gasteiger partial charge in [-0.15, -0.1) is 0 Å². The molecule has 0 heterocycles. The highest BCUT2D eigenvalue weighted by Gasteiger charge is 2.10. The van der Waals surface area contributed by atoms with Gasteiger partial charge in [-0.2, -0.15) is 0 Å². The predicted octanol–water partition coefficient (Wildman–Crippen LogP) is 3.46. The second-order valence-corrected chi connectivity index (χ2v) is 5.93. The molecule has 0 aromatic heterocycles. The lowest BCUT2D eigenvalue weighted by Gasteiger charge is -2.18. The molecule has 1 amide bonds. The number of carbonyl (C=O) groups excluding carboxylic acids is 2. The van der Waals surface area contributed by atoms with Gasteiger partial charge in [0.1, 0.15) is 18.1 Å². The Morgan fingerprint density at radius 3 is 2.40 bits per heavy atom. The van der Waals surface area contributed by atoms with Crippen LogP contribution in [-0.4, -0.2) is 43.4 Å². The Labute approximate surface area is 152 Å². The van der Waals surface area contributed by atoms with Crippen LogP contribution < -0.4 is 9.47 Å². The lowest BCUT2D eigenvalue weighted by atomic mass is 10.1. The average Bonchev–Trinajstić information content (AvgIpc) is 2.60. The van der Waals surface area contributed by atoms with Crippen molar-refractivity contribution in [1.29, 1.82) is 0 Å². The van der Waals surface area contributed by atoms with Gasteiger partial charge in [0, 0.05) is 17.6 Å². The van der Waals surface area contributed by atoms with Crippen LogP contribution >= 0.6 is 11.6 Å². The Morgan fingerprint density at radius 1 is 1.04 bits per heavy atom. The van der Waals surface area contributed by atoms with Gasteiger partial charge in [-0.1, -0.05) is 17.7 Å². The third kappa shape index (κ3) is 6.12. The summed E-state index contributed by atoms with van der Waals surface area (Å²) < 4.78 is 11.0. The van der Waals surface area contributed by atoms with Gasteiger partial charge in [-0.25, -0.2) is 0 Å². The summed E-state index contributed by atoms with van der Waals surface area (Å²) in [6.07, 6.45) is 0. The van der Waals surface area contributed by atoms with Crippen molar-refractivity contribution in [3.05, 3.63) is 59.1 Å². The van der Waals surface area contributed by atoms with Crippen LogP contribution in [0.5, 0.6) is 11.5 Å². The normalized spacial score (nSPS) is 10.2. The summed E-state index contributed by atoms with van der Waals surface area (Å²) in [5, 5.41) is 0.603. The van der Waals surface area contributed by atoms with E-state index in [4.69, 9.17) is 21.1 Å². The minimum atomic E-state index is -0.162. The van der Waals surface area contributed by atoms with Crippen LogP contribution in [0.1, 0.15) is 17.3 Å². The second kappa shape index (κ2) is 9.08. The molecule has 2 aromatic rings. The van der Waals surface area contributed by atoms with Crippen LogP contribution in [-0.2, 0) is 4.79 Å². The number of hydrogen-bond donors (Lipinski definition) is 0. The zero-order valence-electron chi connectivity index (χ0n) is 14.2. The molecule has 0 bridgehead atoms. The molecule has 25 heavy (non-hydrogen) atoms. The number of carbonyl (C=O) groups is 2. The first-order valence-electron chi connectivity index (χ1n) is 7.82. The Balaban J connectivity index is 1.73. The molecule has 0 fully saturated rings. The summed E-state index contributed by atoms with van der Waals surface area (Å²) in [5.74, 6) is 1.03. The molecule has 0 N–H and O–H groups in total. The molecule has 132 valence electrons. The number of benzene rings is 2. The number of rotatable bonds is 8. The van der Waals surface area contributed by atoms with Crippen molar-refractivity contribution in [3.63, 3.8) is 0 Å². The molecular formula is C19H20ClNO4. The Kier molecular flexibility index (Phi) is 6.83. The van der Waals surface area contributed by atoms with E-state index in [1.165, 1.54) is 11.8 Å². The summed E-state index contributed by atoms with van der Waals surface area (Å²) in [6, 6.07) is 13.8. The van der Waals surface area contributed by atoms with Crippen molar-refractivity contribution >= 4 is 23.3 Å². The first kappa shape index (κ1) is 18.8. The minimum Gasteiger partial charge on any atom is -0.492 e. The first-order chi connectivity index (χ1) is 12.0. The van der Waals surface area contributed by atoms with Crippen LogP contribution in [0.3, 0.4) is 0 Å². The first-order valence-corrected chi connectivity index (χ1v) is 8.19. The van der Waals surface area contributed by atoms with Crippen LogP contribution in [0.15, 0.2) is 48.5 Å². The van der Waals surface area contributed by atoms with E-state index in [-0.39, 0.29) is 18.3 Å². The van der Waals surface area contributed by atoms with Gasteiger partial charge < -0.3 is 14.4 Å². The van der Waals surface area contributed by atoms with Crippen molar-refractivity contribution < 1.29 is 19.1 Å². The fraction of sp³-hybridized carbons (Fsp3) is 0.263. The fourth-order valence-corrected chi connectivity index (χ4v) is 2.20. The third-order valence-corrected chi connectivity index (χ3v) is 3.78. The maximum atomic E-state index is 12.1. The van der Waals surface area contributed by atoms with Gasteiger partial charge in [0.05, 0.1) is 6.54 Å². The number of Topliss-reactive ketones (excluding diaryl/α,β-unsaturated/α-hetero) is 1. The largest absolute Gasteiger partial charge is 0.492 e. The van der Waals surface area contributed by atoms with E-state index in [0.717, 1.165) is 0 Å². The SMILES string of the molecule is CC(=O)c1ccc(OCC(=O)N(C)CCOc2cccc(Cl)c2)cc1. The monoisotopic (exact) mass is 361 g/mol. The fourth-order valence-electron chi connectivity index (χ4n) is 2.02. The van der Waals surface area contributed by atoms with Crippen molar-refractivity contribution in [1.82, 2.24) is 4.90 Å². The molecular weight excluding hydrogens is 342 g/mol. The molecule has 0 spiro atoms. The van der Waals surface area contributed by atoms with Gasteiger partial charge in [0.2, 0.25) is 0 Å². The number of ether oxygens (including phenoxy) is 2. The topological polar surface area (TPSA) is 55.8 Å². The van der Waals surface area contributed by atoms with Gasteiger partial charge in [0.15, 0.2) is 12.4 Å². The molecule has 0 saturated carbocycles. The lowest BCUT2D eigenvalue weighted by Crippen LogP contribution is -2.34. The molecule has 0 aliphatic rings. The molecule has 0 aliphatic heterocycles.